The van der Waals surface area contributed by atoms with Crippen molar-refractivity contribution in [1.29, 1.82) is 0 Å². The molecule has 0 amide bonds. The molecule has 0 aliphatic carbocycles. The van der Waals surface area contributed by atoms with E-state index in [9.17, 15) is 0 Å². The van der Waals surface area contributed by atoms with Gasteiger partial charge in [0.15, 0.2) is 0 Å². The summed E-state index contributed by atoms with van der Waals surface area (Å²) in [4.78, 5) is 0. The molecular formula is C18H21N. The summed E-state index contributed by atoms with van der Waals surface area (Å²) in [6.07, 6.45) is 1.14. The Bertz CT molecular complexity index is 582. The molecule has 0 unspecified atom stereocenters. The van der Waals surface area contributed by atoms with Crippen LogP contribution in [0.3, 0.4) is 0 Å². The van der Waals surface area contributed by atoms with E-state index in [-0.39, 0.29) is 5.41 Å². The fraction of sp³-hybridized carbons (Fsp3) is 0.333. The molecule has 2 aromatic carbocycles. The molecule has 0 atom stereocenters. The molecule has 1 heteroatoms. The highest BCUT2D eigenvalue weighted by atomic mass is 15.0. The molecular weight excluding hydrogens is 230 g/mol. The highest BCUT2D eigenvalue weighted by Gasteiger charge is 2.39. The van der Waals surface area contributed by atoms with Crippen LogP contribution in [0.15, 0.2) is 48.5 Å². The van der Waals surface area contributed by atoms with Gasteiger partial charge in [-0.1, -0.05) is 48.5 Å². The Kier molecular flexibility index (Phi) is 3.16. The van der Waals surface area contributed by atoms with Gasteiger partial charge in [0.1, 0.15) is 0 Å². The van der Waals surface area contributed by atoms with Gasteiger partial charge in [0.2, 0.25) is 0 Å². The summed E-state index contributed by atoms with van der Waals surface area (Å²) in [6, 6.07) is 17.6. The van der Waals surface area contributed by atoms with Crippen LogP contribution in [0.25, 0.3) is 0 Å². The van der Waals surface area contributed by atoms with Gasteiger partial charge in [0.25, 0.3) is 0 Å². The molecule has 1 N–H and O–H groups in total. The van der Waals surface area contributed by atoms with Crippen molar-refractivity contribution in [2.75, 3.05) is 13.1 Å². The molecule has 3 rings (SSSR count). The van der Waals surface area contributed by atoms with Crippen molar-refractivity contribution in [3.05, 3.63) is 70.8 Å². The highest BCUT2D eigenvalue weighted by Crippen LogP contribution is 2.35. The van der Waals surface area contributed by atoms with Gasteiger partial charge < -0.3 is 5.32 Å². The van der Waals surface area contributed by atoms with Gasteiger partial charge in [-0.25, -0.2) is 0 Å². The standard InChI is InChI=1S/C18H21N/c1-14-7-3-5-9-16(14)11-18(12-19-13-18)17-10-6-4-8-15(17)2/h3-10,19H,11-13H2,1-2H3. The summed E-state index contributed by atoms with van der Waals surface area (Å²) in [5, 5.41) is 3.47. The van der Waals surface area contributed by atoms with E-state index in [1.54, 1.807) is 0 Å². The molecule has 0 saturated carbocycles. The van der Waals surface area contributed by atoms with Crippen molar-refractivity contribution in [3.63, 3.8) is 0 Å². The zero-order valence-electron chi connectivity index (χ0n) is 11.7. The third-order valence-corrected chi connectivity index (χ3v) is 4.43. The van der Waals surface area contributed by atoms with E-state index in [1.807, 2.05) is 0 Å². The normalized spacial score (nSPS) is 16.9. The smallest absolute Gasteiger partial charge is 0.0245 e. The van der Waals surface area contributed by atoms with E-state index in [1.165, 1.54) is 22.3 Å². The van der Waals surface area contributed by atoms with Crippen LogP contribution < -0.4 is 5.32 Å². The van der Waals surface area contributed by atoms with E-state index in [4.69, 9.17) is 0 Å². The largest absolute Gasteiger partial charge is 0.315 e. The van der Waals surface area contributed by atoms with Crippen LogP contribution in [0.2, 0.25) is 0 Å². The van der Waals surface area contributed by atoms with Crippen molar-refractivity contribution in [1.82, 2.24) is 5.32 Å². The van der Waals surface area contributed by atoms with Gasteiger partial charge in [0, 0.05) is 18.5 Å². The first-order chi connectivity index (χ1) is 9.21. The third-order valence-electron chi connectivity index (χ3n) is 4.43. The summed E-state index contributed by atoms with van der Waals surface area (Å²) in [6.45, 7) is 6.62. The van der Waals surface area contributed by atoms with Crippen LogP contribution in [-0.2, 0) is 11.8 Å². The second-order valence-electron chi connectivity index (χ2n) is 5.80. The first-order valence-corrected chi connectivity index (χ1v) is 7.03. The predicted octanol–water partition coefficient (Wildman–Crippen LogP) is 3.39. The summed E-state index contributed by atoms with van der Waals surface area (Å²) in [5.74, 6) is 0. The zero-order chi connectivity index (χ0) is 13.3. The van der Waals surface area contributed by atoms with Gasteiger partial charge in [-0.3, -0.25) is 0 Å². The number of aryl methyl sites for hydroxylation is 2. The van der Waals surface area contributed by atoms with Gasteiger partial charge >= 0.3 is 0 Å². The van der Waals surface area contributed by atoms with Crippen molar-refractivity contribution in [2.45, 2.75) is 25.7 Å². The van der Waals surface area contributed by atoms with E-state index >= 15 is 0 Å². The van der Waals surface area contributed by atoms with Crippen molar-refractivity contribution in [2.24, 2.45) is 0 Å². The first kappa shape index (κ1) is 12.4. The fourth-order valence-electron chi connectivity index (χ4n) is 3.18. The third kappa shape index (κ3) is 2.19. The predicted molar refractivity (Wildman–Crippen MR) is 80.6 cm³/mol. The number of rotatable bonds is 3. The first-order valence-electron chi connectivity index (χ1n) is 7.03. The van der Waals surface area contributed by atoms with E-state index in [0.29, 0.717) is 0 Å². The Morgan fingerprint density at radius 1 is 0.895 bits per heavy atom. The molecule has 1 fully saturated rings. The lowest BCUT2D eigenvalue weighted by molar-refractivity contribution is 0.273. The van der Waals surface area contributed by atoms with E-state index in [0.717, 1.165) is 19.5 Å². The summed E-state index contributed by atoms with van der Waals surface area (Å²) < 4.78 is 0. The van der Waals surface area contributed by atoms with Crippen LogP contribution in [0.1, 0.15) is 22.3 Å². The Balaban J connectivity index is 1.97. The van der Waals surface area contributed by atoms with Crippen LogP contribution in [-0.4, -0.2) is 13.1 Å². The van der Waals surface area contributed by atoms with Crippen molar-refractivity contribution >= 4 is 0 Å². The molecule has 1 heterocycles. The monoisotopic (exact) mass is 251 g/mol. The minimum atomic E-state index is 0.289. The van der Waals surface area contributed by atoms with Crippen LogP contribution in [0, 0.1) is 13.8 Å². The lowest BCUT2D eigenvalue weighted by Gasteiger charge is -2.44. The second-order valence-corrected chi connectivity index (χ2v) is 5.80. The number of hydrogen-bond acceptors (Lipinski definition) is 1. The lowest BCUT2D eigenvalue weighted by Crippen LogP contribution is -2.58. The van der Waals surface area contributed by atoms with E-state index < -0.39 is 0 Å². The van der Waals surface area contributed by atoms with Crippen LogP contribution in [0.4, 0.5) is 0 Å². The number of hydrogen-bond donors (Lipinski definition) is 1. The highest BCUT2D eigenvalue weighted by molar-refractivity contribution is 5.40. The molecule has 1 aliphatic rings. The molecule has 0 spiro atoms. The summed E-state index contributed by atoms with van der Waals surface area (Å²) in [5.41, 5.74) is 6.10. The molecule has 19 heavy (non-hydrogen) atoms. The average molecular weight is 251 g/mol. The topological polar surface area (TPSA) is 12.0 Å². The average Bonchev–Trinajstić information content (AvgIpc) is 2.37. The molecule has 1 saturated heterocycles. The molecule has 0 aromatic heterocycles. The van der Waals surface area contributed by atoms with Crippen molar-refractivity contribution < 1.29 is 0 Å². The SMILES string of the molecule is Cc1ccccc1CC1(c2ccccc2C)CNC1. The second kappa shape index (κ2) is 4.82. The quantitative estimate of drug-likeness (QED) is 0.881. The Morgan fingerprint density at radius 3 is 2.11 bits per heavy atom. The van der Waals surface area contributed by atoms with Gasteiger partial charge in [-0.15, -0.1) is 0 Å². The minimum absolute atomic E-state index is 0.289. The van der Waals surface area contributed by atoms with Crippen LogP contribution in [0.5, 0.6) is 0 Å². The Hall–Kier alpha value is -1.60. The maximum absolute atomic E-state index is 3.47. The Labute approximate surface area is 115 Å². The van der Waals surface area contributed by atoms with Crippen LogP contribution >= 0.6 is 0 Å². The molecule has 1 nitrogen and oxygen atoms in total. The minimum Gasteiger partial charge on any atom is -0.315 e. The fourth-order valence-corrected chi connectivity index (χ4v) is 3.18. The Morgan fingerprint density at radius 2 is 1.53 bits per heavy atom. The maximum Gasteiger partial charge on any atom is 0.0245 e. The number of benzene rings is 2. The summed E-state index contributed by atoms with van der Waals surface area (Å²) >= 11 is 0. The van der Waals surface area contributed by atoms with E-state index in [2.05, 4.69) is 67.7 Å². The van der Waals surface area contributed by atoms with Gasteiger partial charge in [0.05, 0.1) is 0 Å². The zero-order valence-corrected chi connectivity index (χ0v) is 11.7. The van der Waals surface area contributed by atoms with Crippen molar-refractivity contribution in [3.8, 4) is 0 Å². The molecule has 1 aliphatic heterocycles. The van der Waals surface area contributed by atoms with Gasteiger partial charge in [-0.05, 0) is 42.5 Å². The molecule has 2 aromatic rings. The number of nitrogens with one attached hydrogen (secondary N) is 1. The lowest BCUT2D eigenvalue weighted by atomic mass is 9.69. The molecule has 0 radical (unpaired) electrons. The maximum atomic E-state index is 3.47. The molecule has 0 bridgehead atoms. The molecule has 98 valence electrons. The summed E-state index contributed by atoms with van der Waals surface area (Å²) in [7, 11) is 0. The van der Waals surface area contributed by atoms with Gasteiger partial charge in [-0.2, -0.15) is 0 Å².